The standard InChI is InChI=1S/C11H17NO/c1-2-3-7-11(13)10-12-8-5-4-6-9-12/h4-10H2,1H3. The molecule has 2 heteroatoms. The zero-order valence-electron chi connectivity index (χ0n) is 8.31. The molecule has 2 nitrogen and oxygen atoms in total. The van der Waals surface area contributed by atoms with E-state index < -0.39 is 0 Å². The summed E-state index contributed by atoms with van der Waals surface area (Å²) in [6.45, 7) is 4.56. The van der Waals surface area contributed by atoms with Gasteiger partial charge >= 0.3 is 0 Å². The number of rotatable bonds is 3. The summed E-state index contributed by atoms with van der Waals surface area (Å²) in [7, 11) is 0. The van der Waals surface area contributed by atoms with Crippen molar-refractivity contribution in [1.29, 1.82) is 0 Å². The summed E-state index contributed by atoms with van der Waals surface area (Å²) in [6, 6.07) is 0. The third-order valence-electron chi connectivity index (χ3n) is 2.31. The Morgan fingerprint density at radius 3 is 2.62 bits per heavy atom. The minimum atomic E-state index is 0.260. The van der Waals surface area contributed by atoms with Crippen LogP contribution in [-0.4, -0.2) is 30.3 Å². The van der Waals surface area contributed by atoms with Crippen LogP contribution in [0.2, 0.25) is 0 Å². The number of hydrogen-bond acceptors (Lipinski definition) is 2. The molecule has 1 saturated heterocycles. The zero-order valence-corrected chi connectivity index (χ0v) is 8.31. The third-order valence-corrected chi connectivity index (χ3v) is 2.31. The highest BCUT2D eigenvalue weighted by Crippen LogP contribution is 2.08. The molecular weight excluding hydrogens is 162 g/mol. The molecule has 1 aliphatic heterocycles. The first kappa shape index (κ1) is 10.3. The summed E-state index contributed by atoms with van der Waals surface area (Å²) in [5.41, 5.74) is 0. The highest BCUT2D eigenvalue weighted by atomic mass is 16.1. The molecule has 0 aromatic rings. The van der Waals surface area contributed by atoms with Crippen molar-refractivity contribution in [3.8, 4) is 11.8 Å². The molecule has 1 aliphatic rings. The van der Waals surface area contributed by atoms with Gasteiger partial charge in [0.25, 0.3) is 0 Å². The van der Waals surface area contributed by atoms with E-state index in [4.69, 9.17) is 0 Å². The highest BCUT2D eigenvalue weighted by Gasteiger charge is 2.12. The number of hydrogen-bond donors (Lipinski definition) is 0. The summed E-state index contributed by atoms with van der Waals surface area (Å²) in [4.78, 5) is 13.6. The molecule has 0 spiro atoms. The number of likely N-dealkylation sites (tertiary alicyclic amines) is 1. The van der Waals surface area contributed by atoms with Crippen LogP contribution in [0.1, 0.15) is 32.6 Å². The van der Waals surface area contributed by atoms with Crippen LogP contribution in [0.3, 0.4) is 0 Å². The molecule has 0 atom stereocenters. The topological polar surface area (TPSA) is 20.3 Å². The zero-order chi connectivity index (χ0) is 9.52. The second-order valence-electron chi connectivity index (χ2n) is 3.48. The normalized spacial score (nSPS) is 17.6. The van der Waals surface area contributed by atoms with Crippen molar-refractivity contribution in [3.05, 3.63) is 0 Å². The van der Waals surface area contributed by atoms with Gasteiger partial charge in [0, 0.05) is 0 Å². The summed E-state index contributed by atoms with van der Waals surface area (Å²) in [5.74, 6) is 5.82. The van der Waals surface area contributed by atoms with Gasteiger partial charge in [-0.2, -0.15) is 0 Å². The molecule has 0 amide bonds. The van der Waals surface area contributed by atoms with Crippen molar-refractivity contribution in [3.63, 3.8) is 0 Å². The summed E-state index contributed by atoms with van der Waals surface area (Å²) in [6.07, 6.45) is 4.23. The average molecular weight is 179 g/mol. The Labute approximate surface area is 80.3 Å². The maximum absolute atomic E-state index is 11.3. The predicted molar refractivity (Wildman–Crippen MR) is 53.4 cm³/mol. The third kappa shape index (κ3) is 4.10. The van der Waals surface area contributed by atoms with Gasteiger partial charge in [0.2, 0.25) is 0 Å². The van der Waals surface area contributed by atoms with E-state index in [1.807, 2.05) is 0 Å². The van der Waals surface area contributed by atoms with E-state index in [-0.39, 0.29) is 5.78 Å². The van der Waals surface area contributed by atoms with Gasteiger partial charge in [-0.1, -0.05) is 12.3 Å². The van der Waals surface area contributed by atoms with Gasteiger partial charge in [0.1, 0.15) is 0 Å². The molecule has 0 bridgehead atoms. The van der Waals surface area contributed by atoms with Crippen LogP contribution >= 0.6 is 0 Å². The first-order valence-corrected chi connectivity index (χ1v) is 4.96. The van der Waals surface area contributed by atoms with Gasteiger partial charge in [-0.15, -0.1) is 5.92 Å². The van der Waals surface area contributed by atoms with Gasteiger partial charge < -0.3 is 0 Å². The van der Waals surface area contributed by atoms with Crippen LogP contribution in [-0.2, 0) is 4.79 Å². The predicted octanol–water partition coefficient (Wildman–Crippen LogP) is 1.45. The van der Waals surface area contributed by atoms with Gasteiger partial charge in [0.05, 0.1) is 13.0 Å². The molecule has 0 saturated carbocycles. The fourth-order valence-electron chi connectivity index (χ4n) is 1.61. The quantitative estimate of drug-likeness (QED) is 0.611. The average Bonchev–Trinajstić information content (AvgIpc) is 2.16. The van der Waals surface area contributed by atoms with E-state index in [0.29, 0.717) is 13.0 Å². The number of Topliss-reactive ketones (excluding diaryl/α,β-unsaturated/α-hetero) is 1. The van der Waals surface area contributed by atoms with E-state index in [1.165, 1.54) is 19.3 Å². The summed E-state index contributed by atoms with van der Waals surface area (Å²) >= 11 is 0. The number of nitrogens with zero attached hydrogens (tertiary/aromatic N) is 1. The van der Waals surface area contributed by atoms with Crippen LogP contribution in [0.25, 0.3) is 0 Å². The lowest BCUT2D eigenvalue weighted by molar-refractivity contribution is -0.119. The molecule has 0 aromatic carbocycles. The monoisotopic (exact) mass is 179 g/mol. The molecule has 1 fully saturated rings. The largest absolute Gasteiger partial charge is 0.297 e. The number of ketones is 1. The molecule has 0 N–H and O–H groups in total. The van der Waals surface area contributed by atoms with Crippen LogP contribution in [0.5, 0.6) is 0 Å². The number of carbonyl (C=O) groups is 1. The molecule has 0 radical (unpaired) electrons. The van der Waals surface area contributed by atoms with E-state index in [0.717, 1.165) is 13.1 Å². The molecule has 72 valence electrons. The van der Waals surface area contributed by atoms with E-state index >= 15 is 0 Å². The van der Waals surface area contributed by atoms with Gasteiger partial charge in [0.15, 0.2) is 5.78 Å². The van der Waals surface area contributed by atoms with E-state index in [1.54, 1.807) is 6.92 Å². The van der Waals surface area contributed by atoms with Gasteiger partial charge in [-0.05, 0) is 32.9 Å². The highest BCUT2D eigenvalue weighted by molar-refractivity contribution is 5.82. The van der Waals surface area contributed by atoms with Crippen molar-refractivity contribution in [2.24, 2.45) is 0 Å². The lowest BCUT2D eigenvalue weighted by atomic mass is 10.1. The van der Waals surface area contributed by atoms with Crippen molar-refractivity contribution in [2.45, 2.75) is 32.6 Å². The SMILES string of the molecule is CC#CCC(=O)CN1CCCCC1. The molecule has 0 unspecified atom stereocenters. The fourth-order valence-corrected chi connectivity index (χ4v) is 1.61. The fraction of sp³-hybridized carbons (Fsp3) is 0.727. The lowest BCUT2D eigenvalue weighted by Gasteiger charge is -2.25. The number of piperidine rings is 1. The first-order valence-electron chi connectivity index (χ1n) is 4.96. The molecule has 0 aliphatic carbocycles. The van der Waals surface area contributed by atoms with E-state index in [9.17, 15) is 4.79 Å². The molecule has 13 heavy (non-hydrogen) atoms. The van der Waals surface area contributed by atoms with Crippen molar-refractivity contribution < 1.29 is 4.79 Å². The summed E-state index contributed by atoms with van der Waals surface area (Å²) < 4.78 is 0. The van der Waals surface area contributed by atoms with Crippen molar-refractivity contribution in [1.82, 2.24) is 4.90 Å². The second kappa shape index (κ2) is 5.77. The van der Waals surface area contributed by atoms with Gasteiger partial charge in [-0.3, -0.25) is 9.69 Å². The molecule has 0 aromatic heterocycles. The number of carbonyl (C=O) groups excluding carboxylic acids is 1. The van der Waals surface area contributed by atoms with E-state index in [2.05, 4.69) is 16.7 Å². The van der Waals surface area contributed by atoms with Crippen LogP contribution in [0.4, 0.5) is 0 Å². The molecule has 1 rings (SSSR count). The van der Waals surface area contributed by atoms with Crippen LogP contribution in [0, 0.1) is 11.8 Å². The van der Waals surface area contributed by atoms with Crippen molar-refractivity contribution in [2.75, 3.05) is 19.6 Å². The minimum absolute atomic E-state index is 0.260. The van der Waals surface area contributed by atoms with Crippen LogP contribution in [0.15, 0.2) is 0 Å². The maximum Gasteiger partial charge on any atom is 0.158 e. The molecular formula is C11H17NO. The van der Waals surface area contributed by atoms with Crippen LogP contribution < -0.4 is 0 Å². The Kier molecular flexibility index (Phi) is 4.56. The first-order chi connectivity index (χ1) is 6.33. The lowest BCUT2D eigenvalue weighted by Crippen LogP contribution is -2.34. The minimum Gasteiger partial charge on any atom is -0.297 e. The Bertz CT molecular complexity index is 218. The Morgan fingerprint density at radius 2 is 2.00 bits per heavy atom. The van der Waals surface area contributed by atoms with Gasteiger partial charge in [-0.25, -0.2) is 0 Å². The molecule has 1 heterocycles. The Balaban J connectivity index is 2.20. The second-order valence-corrected chi connectivity index (χ2v) is 3.48. The summed E-state index contributed by atoms with van der Waals surface area (Å²) in [5, 5.41) is 0. The maximum atomic E-state index is 11.3. The smallest absolute Gasteiger partial charge is 0.158 e. The Morgan fingerprint density at radius 1 is 1.31 bits per heavy atom. The van der Waals surface area contributed by atoms with Crippen molar-refractivity contribution >= 4 is 5.78 Å². The Hall–Kier alpha value is -0.810.